The Kier molecular flexibility index (Phi) is 5.35. The Hall–Kier alpha value is -3.51. The number of fused-ring (bicyclic) bond motifs is 1. The van der Waals surface area contributed by atoms with Crippen LogP contribution in [0.2, 0.25) is 0 Å². The van der Waals surface area contributed by atoms with Crippen molar-refractivity contribution in [1.29, 1.82) is 0 Å². The number of aliphatic hydroxyl groups excluding tert-OH is 1. The minimum absolute atomic E-state index is 0.0116. The van der Waals surface area contributed by atoms with Gasteiger partial charge in [-0.05, 0) is 18.1 Å². The van der Waals surface area contributed by atoms with Crippen LogP contribution in [0, 0.1) is 0 Å². The molecule has 0 aliphatic rings. The summed E-state index contributed by atoms with van der Waals surface area (Å²) in [5.41, 5.74) is 3.79. The maximum Gasteiger partial charge on any atom is 0.259 e. The highest BCUT2D eigenvalue weighted by Crippen LogP contribution is 2.26. The maximum atomic E-state index is 13.3. The topological polar surface area (TPSA) is 70.7 Å². The van der Waals surface area contributed by atoms with Gasteiger partial charge in [-0.3, -0.25) is 4.79 Å². The van der Waals surface area contributed by atoms with E-state index >= 15 is 0 Å². The van der Waals surface area contributed by atoms with Crippen molar-refractivity contribution in [1.82, 2.24) is 19.5 Å². The highest BCUT2D eigenvalue weighted by molar-refractivity contribution is 6.00. The van der Waals surface area contributed by atoms with E-state index in [1.807, 2.05) is 66.7 Å². The molecule has 2 aromatic heterocycles. The SMILES string of the molecule is CN(C(=O)c1cnn2c(-c3ccccc3)ccnc12)C(CCO)c1ccccc1. The van der Waals surface area contributed by atoms with Crippen LogP contribution in [0.4, 0.5) is 0 Å². The minimum Gasteiger partial charge on any atom is -0.396 e. The predicted molar refractivity (Wildman–Crippen MR) is 111 cm³/mol. The van der Waals surface area contributed by atoms with E-state index < -0.39 is 0 Å². The van der Waals surface area contributed by atoms with Crippen molar-refractivity contribution in [2.75, 3.05) is 13.7 Å². The molecule has 0 saturated carbocycles. The summed E-state index contributed by atoms with van der Waals surface area (Å²) in [6.45, 7) is -0.0116. The van der Waals surface area contributed by atoms with Crippen molar-refractivity contribution in [3.63, 3.8) is 0 Å². The molecule has 6 heteroatoms. The third-order valence-corrected chi connectivity index (χ3v) is 5.08. The summed E-state index contributed by atoms with van der Waals surface area (Å²) in [4.78, 5) is 19.4. The molecule has 2 heterocycles. The average molecular weight is 386 g/mol. The Morgan fingerprint density at radius 1 is 1.07 bits per heavy atom. The van der Waals surface area contributed by atoms with Crippen LogP contribution in [0.3, 0.4) is 0 Å². The number of carbonyl (C=O) groups is 1. The fraction of sp³-hybridized carbons (Fsp3) is 0.174. The number of nitrogens with zero attached hydrogens (tertiary/aromatic N) is 4. The third-order valence-electron chi connectivity index (χ3n) is 5.08. The summed E-state index contributed by atoms with van der Waals surface area (Å²) < 4.78 is 1.69. The van der Waals surface area contributed by atoms with Crippen LogP contribution in [0.1, 0.15) is 28.4 Å². The fourth-order valence-electron chi connectivity index (χ4n) is 3.58. The molecule has 0 fully saturated rings. The number of aromatic nitrogens is 3. The van der Waals surface area contributed by atoms with Gasteiger partial charge in [0.15, 0.2) is 5.65 Å². The van der Waals surface area contributed by atoms with Gasteiger partial charge >= 0.3 is 0 Å². The zero-order valence-corrected chi connectivity index (χ0v) is 16.1. The summed E-state index contributed by atoms with van der Waals surface area (Å²) in [5.74, 6) is -0.181. The van der Waals surface area contributed by atoms with Crippen molar-refractivity contribution in [2.45, 2.75) is 12.5 Å². The summed E-state index contributed by atoms with van der Waals surface area (Å²) in [5, 5.41) is 14.0. The molecule has 0 bridgehead atoms. The quantitative estimate of drug-likeness (QED) is 0.550. The number of benzene rings is 2. The lowest BCUT2D eigenvalue weighted by Gasteiger charge is -2.28. The van der Waals surface area contributed by atoms with Crippen LogP contribution < -0.4 is 0 Å². The molecule has 146 valence electrons. The van der Waals surface area contributed by atoms with E-state index in [2.05, 4.69) is 10.1 Å². The highest BCUT2D eigenvalue weighted by Gasteiger charge is 2.25. The Bertz CT molecular complexity index is 1110. The molecule has 0 aliphatic carbocycles. The molecule has 1 N–H and O–H groups in total. The zero-order valence-electron chi connectivity index (χ0n) is 16.1. The summed E-state index contributed by atoms with van der Waals surface area (Å²) >= 11 is 0. The largest absolute Gasteiger partial charge is 0.396 e. The zero-order chi connectivity index (χ0) is 20.2. The monoisotopic (exact) mass is 386 g/mol. The van der Waals surface area contributed by atoms with Gasteiger partial charge in [-0.2, -0.15) is 5.10 Å². The van der Waals surface area contributed by atoms with Gasteiger partial charge in [0.25, 0.3) is 5.91 Å². The van der Waals surface area contributed by atoms with Crippen LogP contribution in [0.25, 0.3) is 16.9 Å². The van der Waals surface area contributed by atoms with Crippen molar-refractivity contribution < 1.29 is 9.90 Å². The van der Waals surface area contributed by atoms with Crippen LogP contribution in [0.15, 0.2) is 79.1 Å². The third kappa shape index (κ3) is 3.62. The Labute approximate surface area is 169 Å². The average Bonchev–Trinajstić information content (AvgIpc) is 3.22. The van der Waals surface area contributed by atoms with Crippen LogP contribution >= 0.6 is 0 Å². The number of hydrogen-bond acceptors (Lipinski definition) is 4. The molecule has 0 saturated heterocycles. The van der Waals surface area contributed by atoms with Gasteiger partial charge in [-0.15, -0.1) is 0 Å². The van der Waals surface area contributed by atoms with Crippen LogP contribution in [-0.2, 0) is 0 Å². The molecular formula is C23H22N4O2. The molecule has 1 atom stereocenters. The van der Waals surface area contributed by atoms with Gasteiger partial charge in [-0.1, -0.05) is 60.7 Å². The minimum atomic E-state index is -0.235. The summed E-state index contributed by atoms with van der Waals surface area (Å²) in [6, 6.07) is 21.2. The van der Waals surface area contributed by atoms with E-state index in [-0.39, 0.29) is 18.6 Å². The van der Waals surface area contributed by atoms with Crippen molar-refractivity contribution in [3.8, 4) is 11.3 Å². The second-order valence-corrected chi connectivity index (χ2v) is 6.84. The molecule has 4 aromatic rings. The lowest BCUT2D eigenvalue weighted by atomic mass is 10.0. The van der Waals surface area contributed by atoms with Gasteiger partial charge in [0.05, 0.1) is 17.9 Å². The Morgan fingerprint density at radius 3 is 2.45 bits per heavy atom. The van der Waals surface area contributed by atoms with Gasteiger partial charge in [0.2, 0.25) is 0 Å². The first kappa shape index (κ1) is 18.8. The van der Waals surface area contributed by atoms with Gasteiger partial charge < -0.3 is 10.0 Å². The second kappa shape index (κ2) is 8.24. The smallest absolute Gasteiger partial charge is 0.259 e. The fourth-order valence-corrected chi connectivity index (χ4v) is 3.58. The van der Waals surface area contributed by atoms with Gasteiger partial charge in [0, 0.05) is 25.4 Å². The second-order valence-electron chi connectivity index (χ2n) is 6.84. The Balaban J connectivity index is 1.72. The number of aliphatic hydroxyl groups is 1. The maximum absolute atomic E-state index is 13.3. The van der Waals surface area contributed by atoms with Crippen LogP contribution in [-0.4, -0.2) is 44.2 Å². The summed E-state index contributed by atoms with van der Waals surface area (Å²) in [6.07, 6.45) is 3.71. The van der Waals surface area contributed by atoms with E-state index in [0.717, 1.165) is 16.8 Å². The van der Waals surface area contributed by atoms with E-state index in [9.17, 15) is 9.90 Å². The molecule has 1 amide bonds. The van der Waals surface area contributed by atoms with Crippen molar-refractivity contribution in [2.24, 2.45) is 0 Å². The lowest BCUT2D eigenvalue weighted by Crippen LogP contribution is -2.32. The Morgan fingerprint density at radius 2 is 1.76 bits per heavy atom. The first-order valence-electron chi connectivity index (χ1n) is 9.52. The molecular weight excluding hydrogens is 364 g/mol. The van der Waals surface area contributed by atoms with E-state index in [0.29, 0.717) is 17.6 Å². The van der Waals surface area contributed by atoms with E-state index in [4.69, 9.17) is 0 Å². The van der Waals surface area contributed by atoms with Crippen LogP contribution in [0.5, 0.6) is 0 Å². The summed E-state index contributed by atoms with van der Waals surface area (Å²) in [7, 11) is 1.75. The molecule has 0 aliphatic heterocycles. The standard InChI is InChI=1S/C23H22N4O2/c1-26(20(13-15-28)17-8-4-2-5-9-17)23(29)19-16-25-27-21(12-14-24-22(19)27)18-10-6-3-7-11-18/h2-12,14,16,20,28H,13,15H2,1H3. The molecule has 0 radical (unpaired) electrons. The lowest BCUT2D eigenvalue weighted by molar-refractivity contribution is 0.0707. The predicted octanol–water partition coefficient (Wildman–Crippen LogP) is 3.59. The molecule has 6 nitrogen and oxygen atoms in total. The van der Waals surface area contributed by atoms with E-state index in [1.165, 1.54) is 0 Å². The normalized spacial score (nSPS) is 12.1. The van der Waals surface area contributed by atoms with Gasteiger partial charge in [-0.25, -0.2) is 9.50 Å². The first-order valence-corrected chi connectivity index (χ1v) is 9.52. The molecule has 29 heavy (non-hydrogen) atoms. The molecule has 4 rings (SSSR count). The number of carbonyl (C=O) groups excluding carboxylic acids is 1. The van der Waals surface area contributed by atoms with Crippen molar-refractivity contribution in [3.05, 3.63) is 90.3 Å². The number of rotatable bonds is 6. The van der Waals surface area contributed by atoms with Gasteiger partial charge in [0.1, 0.15) is 5.56 Å². The molecule has 2 aromatic carbocycles. The highest BCUT2D eigenvalue weighted by atomic mass is 16.3. The first-order chi connectivity index (χ1) is 14.2. The number of hydrogen-bond donors (Lipinski definition) is 1. The molecule has 1 unspecified atom stereocenters. The number of amides is 1. The molecule has 0 spiro atoms. The van der Waals surface area contributed by atoms with E-state index in [1.54, 1.807) is 28.9 Å². The van der Waals surface area contributed by atoms with Crippen molar-refractivity contribution >= 4 is 11.6 Å².